The van der Waals surface area contributed by atoms with Crippen LogP contribution in [0.4, 0.5) is 0 Å². The van der Waals surface area contributed by atoms with Crippen LogP contribution in [0.2, 0.25) is 0 Å². The normalized spacial score (nSPS) is 24.3. The van der Waals surface area contributed by atoms with Crippen molar-refractivity contribution >= 4 is 0 Å². The summed E-state index contributed by atoms with van der Waals surface area (Å²) in [6.07, 6.45) is 6.96. The van der Waals surface area contributed by atoms with Crippen LogP contribution in [0.3, 0.4) is 0 Å². The molecule has 0 aromatic heterocycles. The van der Waals surface area contributed by atoms with E-state index in [0.717, 1.165) is 19.0 Å². The highest BCUT2D eigenvalue weighted by Gasteiger charge is 2.34. The zero-order valence-corrected chi connectivity index (χ0v) is 10.4. The van der Waals surface area contributed by atoms with E-state index in [9.17, 15) is 0 Å². The molecule has 2 nitrogen and oxygen atoms in total. The maximum Gasteiger partial charge on any atom is 0.0662 e. The van der Waals surface area contributed by atoms with Gasteiger partial charge in [-0.15, -0.1) is 0 Å². The molecule has 2 aliphatic rings. The standard InChI is InChI=1S/C15H22N2/c16-15(10-17-11-15)14-8-6-13(7-9-14)12-4-2-1-3-5-12/h6-9,12,17H,1-5,10-11,16H2. The molecule has 1 aromatic carbocycles. The van der Waals surface area contributed by atoms with Crippen molar-refractivity contribution in [3.63, 3.8) is 0 Å². The molecule has 1 heterocycles. The summed E-state index contributed by atoms with van der Waals surface area (Å²) in [7, 11) is 0. The molecule has 17 heavy (non-hydrogen) atoms. The van der Waals surface area contributed by atoms with E-state index < -0.39 is 0 Å². The predicted molar refractivity (Wildman–Crippen MR) is 71.0 cm³/mol. The first kappa shape index (κ1) is 11.2. The first-order valence-corrected chi connectivity index (χ1v) is 6.88. The summed E-state index contributed by atoms with van der Waals surface area (Å²) < 4.78 is 0. The highest BCUT2D eigenvalue weighted by molar-refractivity contribution is 5.32. The smallest absolute Gasteiger partial charge is 0.0662 e. The molecule has 2 fully saturated rings. The van der Waals surface area contributed by atoms with Crippen molar-refractivity contribution in [3.8, 4) is 0 Å². The van der Waals surface area contributed by atoms with E-state index >= 15 is 0 Å². The Morgan fingerprint density at radius 1 is 1.00 bits per heavy atom. The molecule has 1 aromatic rings. The first-order valence-electron chi connectivity index (χ1n) is 6.88. The molecule has 1 aliphatic carbocycles. The second-order valence-electron chi connectivity index (χ2n) is 5.72. The Morgan fingerprint density at radius 2 is 1.65 bits per heavy atom. The van der Waals surface area contributed by atoms with Gasteiger partial charge in [0.25, 0.3) is 0 Å². The molecule has 0 atom stereocenters. The lowest BCUT2D eigenvalue weighted by molar-refractivity contribution is 0.287. The summed E-state index contributed by atoms with van der Waals surface area (Å²) in [5.41, 5.74) is 8.99. The van der Waals surface area contributed by atoms with E-state index in [-0.39, 0.29) is 5.54 Å². The zero-order chi connectivity index (χ0) is 11.7. The summed E-state index contributed by atoms with van der Waals surface area (Å²) in [6.45, 7) is 1.82. The van der Waals surface area contributed by atoms with Gasteiger partial charge in [-0.05, 0) is 29.9 Å². The molecule has 0 amide bonds. The van der Waals surface area contributed by atoms with Crippen LogP contribution in [-0.4, -0.2) is 13.1 Å². The number of nitrogens with one attached hydrogen (secondary N) is 1. The molecular weight excluding hydrogens is 208 g/mol. The maximum absolute atomic E-state index is 6.29. The molecule has 0 unspecified atom stereocenters. The summed E-state index contributed by atoms with van der Waals surface area (Å²) >= 11 is 0. The van der Waals surface area contributed by atoms with Crippen LogP contribution in [0.15, 0.2) is 24.3 Å². The number of nitrogens with two attached hydrogens (primary N) is 1. The Labute approximate surface area is 104 Å². The van der Waals surface area contributed by atoms with Crippen LogP contribution in [0.5, 0.6) is 0 Å². The van der Waals surface area contributed by atoms with Crippen molar-refractivity contribution in [1.29, 1.82) is 0 Å². The van der Waals surface area contributed by atoms with Gasteiger partial charge in [0, 0.05) is 13.1 Å². The Kier molecular flexibility index (Phi) is 2.93. The molecule has 0 radical (unpaired) electrons. The molecule has 0 spiro atoms. The van der Waals surface area contributed by atoms with Gasteiger partial charge in [-0.25, -0.2) is 0 Å². The number of rotatable bonds is 2. The average molecular weight is 230 g/mol. The van der Waals surface area contributed by atoms with Gasteiger partial charge in [-0.2, -0.15) is 0 Å². The molecule has 1 aliphatic heterocycles. The van der Waals surface area contributed by atoms with Gasteiger partial charge >= 0.3 is 0 Å². The van der Waals surface area contributed by atoms with Gasteiger partial charge in [0.05, 0.1) is 5.54 Å². The molecular formula is C15H22N2. The molecule has 0 bridgehead atoms. The third-order valence-corrected chi connectivity index (χ3v) is 4.44. The fraction of sp³-hybridized carbons (Fsp3) is 0.600. The minimum Gasteiger partial charge on any atom is -0.319 e. The summed E-state index contributed by atoms with van der Waals surface area (Å²) in [5, 5.41) is 3.25. The van der Waals surface area contributed by atoms with Crippen molar-refractivity contribution in [3.05, 3.63) is 35.4 Å². The molecule has 3 rings (SSSR count). The van der Waals surface area contributed by atoms with Gasteiger partial charge in [-0.3, -0.25) is 0 Å². The highest BCUT2D eigenvalue weighted by atomic mass is 15.1. The first-order chi connectivity index (χ1) is 8.28. The SMILES string of the molecule is NC1(c2ccc(C3CCCCC3)cc2)CNC1. The van der Waals surface area contributed by atoms with E-state index in [1.807, 2.05) is 0 Å². The van der Waals surface area contributed by atoms with E-state index in [0.29, 0.717) is 0 Å². The van der Waals surface area contributed by atoms with Crippen LogP contribution in [0, 0.1) is 0 Å². The monoisotopic (exact) mass is 230 g/mol. The molecule has 3 N–H and O–H groups in total. The van der Waals surface area contributed by atoms with E-state index in [1.165, 1.54) is 43.2 Å². The number of hydrogen-bond acceptors (Lipinski definition) is 2. The third kappa shape index (κ3) is 2.12. The minimum atomic E-state index is -0.106. The van der Waals surface area contributed by atoms with E-state index in [4.69, 9.17) is 5.73 Å². The van der Waals surface area contributed by atoms with Crippen molar-refractivity contribution in [2.24, 2.45) is 5.73 Å². The topological polar surface area (TPSA) is 38.0 Å². The third-order valence-electron chi connectivity index (χ3n) is 4.44. The van der Waals surface area contributed by atoms with Gasteiger partial charge in [0.2, 0.25) is 0 Å². The Balaban J connectivity index is 1.75. The highest BCUT2D eigenvalue weighted by Crippen LogP contribution is 2.33. The quantitative estimate of drug-likeness (QED) is 0.819. The lowest BCUT2D eigenvalue weighted by atomic mass is 9.81. The Bertz CT molecular complexity index is 372. The van der Waals surface area contributed by atoms with Gasteiger partial charge in [-0.1, -0.05) is 43.5 Å². The minimum absolute atomic E-state index is 0.106. The summed E-state index contributed by atoms with van der Waals surface area (Å²) in [5.74, 6) is 0.797. The maximum atomic E-state index is 6.29. The van der Waals surface area contributed by atoms with Crippen LogP contribution in [0.25, 0.3) is 0 Å². The fourth-order valence-corrected chi connectivity index (χ4v) is 3.12. The zero-order valence-electron chi connectivity index (χ0n) is 10.4. The predicted octanol–water partition coefficient (Wildman–Crippen LogP) is 2.49. The molecule has 1 saturated carbocycles. The number of hydrogen-bond donors (Lipinski definition) is 2. The lowest BCUT2D eigenvalue weighted by Crippen LogP contribution is -2.62. The Hall–Kier alpha value is -0.860. The van der Waals surface area contributed by atoms with Crippen LogP contribution in [-0.2, 0) is 5.54 Å². The van der Waals surface area contributed by atoms with Gasteiger partial charge < -0.3 is 11.1 Å². The van der Waals surface area contributed by atoms with E-state index in [1.54, 1.807) is 0 Å². The van der Waals surface area contributed by atoms with Crippen molar-refractivity contribution < 1.29 is 0 Å². The molecule has 1 saturated heterocycles. The van der Waals surface area contributed by atoms with Crippen molar-refractivity contribution in [2.75, 3.05) is 13.1 Å². The second-order valence-corrected chi connectivity index (χ2v) is 5.72. The van der Waals surface area contributed by atoms with Gasteiger partial charge in [0.15, 0.2) is 0 Å². The van der Waals surface area contributed by atoms with Crippen LogP contribution in [0.1, 0.15) is 49.1 Å². The lowest BCUT2D eigenvalue weighted by Gasteiger charge is -2.39. The summed E-state index contributed by atoms with van der Waals surface area (Å²) in [6, 6.07) is 9.09. The van der Waals surface area contributed by atoms with Crippen molar-refractivity contribution in [2.45, 2.75) is 43.6 Å². The van der Waals surface area contributed by atoms with Crippen molar-refractivity contribution in [1.82, 2.24) is 5.32 Å². The largest absolute Gasteiger partial charge is 0.319 e. The average Bonchev–Trinajstić information content (AvgIpc) is 2.37. The van der Waals surface area contributed by atoms with Gasteiger partial charge in [0.1, 0.15) is 0 Å². The van der Waals surface area contributed by atoms with E-state index in [2.05, 4.69) is 29.6 Å². The summed E-state index contributed by atoms with van der Waals surface area (Å²) in [4.78, 5) is 0. The van der Waals surface area contributed by atoms with Crippen LogP contribution < -0.4 is 11.1 Å². The fourth-order valence-electron chi connectivity index (χ4n) is 3.12. The second kappa shape index (κ2) is 4.43. The number of benzene rings is 1. The molecule has 2 heteroatoms. The Morgan fingerprint density at radius 3 is 2.18 bits per heavy atom. The van der Waals surface area contributed by atoms with Crippen LogP contribution >= 0.6 is 0 Å². The molecule has 92 valence electrons.